The first kappa shape index (κ1) is 13.0. The van der Waals surface area contributed by atoms with E-state index in [9.17, 15) is 4.79 Å². The molecule has 0 saturated carbocycles. The van der Waals surface area contributed by atoms with Gasteiger partial charge in [0, 0.05) is 19.1 Å². The summed E-state index contributed by atoms with van der Waals surface area (Å²) in [7, 11) is 1.42. The summed E-state index contributed by atoms with van der Waals surface area (Å²) in [4.78, 5) is 13.1. The van der Waals surface area contributed by atoms with E-state index in [-0.39, 0.29) is 6.09 Å². The van der Waals surface area contributed by atoms with Gasteiger partial charge in [-0.2, -0.15) is 0 Å². The number of piperidine rings is 1. The molecule has 0 bridgehead atoms. The van der Waals surface area contributed by atoms with Gasteiger partial charge in [0.1, 0.15) is 11.5 Å². The first-order chi connectivity index (χ1) is 8.69. The van der Waals surface area contributed by atoms with Crippen molar-refractivity contribution in [1.29, 1.82) is 0 Å². The average molecular weight is 252 g/mol. The summed E-state index contributed by atoms with van der Waals surface area (Å²) >= 11 is 0. The van der Waals surface area contributed by atoms with Crippen LogP contribution in [-0.2, 0) is 11.3 Å². The number of nitrogens with one attached hydrogen (secondary N) is 1. The Bertz CT molecular complexity index is 395. The lowest BCUT2D eigenvalue weighted by molar-refractivity contribution is 0.109. The van der Waals surface area contributed by atoms with Gasteiger partial charge in [0.25, 0.3) is 0 Å². The second-order valence-electron chi connectivity index (χ2n) is 4.62. The van der Waals surface area contributed by atoms with Crippen LogP contribution in [0.25, 0.3) is 0 Å². The molecule has 1 amide bonds. The summed E-state index contributed by atoms with van der Waals surface area (Å²) in [5.41, 5.74) is 0. The monoisotopic (exact) mass is 252 g/mol. The van der Waals surface area contributed by atoms with Crippen molar-refractivity contribution in [2.75, 3.05) is 20.2 Å². The number of carbonyl (C=O) groups is 1. The lowest BCUT2D eigenvalue weighted by atomic mass is 10.1. The van der Waals surface area contributed by atoms with Crippen molar-refractivity contribution in [3.8, 4) is 0 Å². The summed E-state index contributed by atoms with van der Waals surface area (Å²) in [5.74, 6) is 1.90. The molecule has 2 rings (SSSR count). The van der Waals surface area contributed by atoms with Crippen LogP contribution in [0.2, 0.25) is 0 Å². The smallest absolute Gasteiger partial charge is 0.409 e. The van der Waals surface area contributed by atoms with Crippen molar-refractivity contribution >= 4 is 6.09 Å². The maximum Gasteiger partial charge on any atom is 0.409 e. The van der Waals surface area contributed by atoms with Crippen molar-refractivity contribution in [2.24, 2.45) is 0 Å². The van der Waals surface area contributed by atoms with Gasteiger partial charge in [-0.15, -0.1) is 0 Å². The minimum absolute atomic E-state index is 0.227. The van der Waals surface area contributed by atoms with Gasteiger partial charge in [-0.3, -0.25) is 0 Å². The maximum atomic E-state index is 11.3. The Morgan fingerprint density at radius 1 is 1.50 bits per heavy atom. The van der Waals surface area contributed by atoms with E-state index in [1.807, 2.05) is 19.1 Å². The molecule has 1 aromatic heterocycles. The zero-order chi connectivity index (χ0) is 13.0. The zero-order valence-electron chi connectivity index (χ0n) is 10.9. The molecule has 1 fully saturated rings. The van der Waals surface area contributed by atoms with Crippen molar-refractivity contribution in [1.82, 2.24) is 10.2 Å². The van der Waals surface area contributed by atoms with Gasteiger partial charge in [-0.05, 0) is 31.9 Å². The van der Waals surface area contributed by atoms with E-state index >= 15 is 0 Å². The molecule has 18 heavy (non-hydrogen) atoms. The standard InChI is InChI=1S/C13H20N2O3/c1-10-3-4-12(18-10)9-14-11-5-7-15(8-6-11)13(16)17-2/h3-4,11,14H,5-9H2,1-2H3. The van der Waals surface area contributed by atoms with Crippen molar-refractivity contribution < 1.29 is 13.9 Å². The summed E-state index contributed by atoms with van der Waals surface area (Å²) in [5, 5.41) is 3.46. The Labute approximate surface area is 107 Å². The zero-order valence-corrected chi connectivity index (χ0v) is 10.9. The number of hydrogen-bond acceptors (Lipinski definition) is 4. The van der Waals surface area contributed by atoms with Crippen LogP contribution in [0.15, 0.2) is 16.5 Å². The van der Waals surface area contributed by atoms with E-state index in [2.05, 4.69) is 5.32 Å². The molecular formula is C13H20N2O3. The maximum absolute atomic E-state index is 11.3. The molecule has 1 saturated heterocycles. The highest BCUT2D eigenvalue weighted by Crippen LogP contribution is 2.13. The number of methoxy groups -OCH3 is 1. The van der Waals surface area contributed by atoms with Gasteiger partial charge in [0.15, 0.2) is 0 Å². The molecule has 1 aliphatic rings. The van der Waals surface area contributed by atoms with Gasteiger partial charge in [-0.1, -0.05) is 0 Å². The van der Waals surface area contributed by atoms with Crippen LogP contribution in [0, 0.1) is 6.92 Å². The van der Waals surface area contributed by atoms with Gasteiger partial charge in [-0.25, -0.2) is 4.79 Å². The molecule has 5 heteroatoms. The largest absolute Gasteiger partial charge is 0.465 e. The minimum atomic E-state index is -0.227. The third-order valence-electron chi connectivity index (χ3n) is 3.29. The normalized spacial score (nSPS) is 16.9. The summed E-state index contributed by atoms with van der Waals surface area (Å²) in [6.07, 6.45) is 1.68. The van der Waals surface area contributed by atoms with Crippen LogP contribution in [0.5, 0.6) is 0 Å². The molecule has 2 heterocycles. The molecule has 1 aromatic rings. The second kappa shape index (κ2) is 5.91. The number of furan rings is 1. The van der Waals surface area contributed by atoms with E-state index < -0.39 is 0 Å². The molecule has 1 aliphatic heterocycles. The van der Waals surface area contributed by atoms with Crippen LogP contribution in [0.3, 0.4) is 0 Å². The number of carbonyl (C=O) groups excluding carboxylic acids is 1. The highest BCUT2D eigenvalue weighted by atomic mass is 16.5. The summed E-state index contributed by atoms with van der Waals surface area (Å²) in [6, 6.07) is 4.40. The van der Waals surface area contributed by atoms with Crippen LogP contribution in [0.1, 0.15) is 24.4 Å². The average Bonchev–Trinajstić information content (AvgIpc) is 2.82. The van der Waals surface area contributed by atoms with Gasteiger partial charge in [0.05, 0.1) is 13.7 Å². The molecule has 100 valence electrons. The number of aryl methyl sites for hydroxylation is 1. The van der Waals surface area contributed by atoms with Crippen LogP contribution in [0.4, 0.5) is 4.79 Å². The van der Waals surface area contributed by atoms with E-state index in [1.54, 1.807) is 4.90 Å². The topological polar surface area (TPSA) is 54.7 Å². The van der Waals surface area contributed by atoms with E-state index in [0.29, 0.717) is 6.04 Å². The number of nitrogens with zero attached hydrogens (tertiary/aromatic N) is 1. The van der Waals surface area contributed by atoms with Gasteiger partial charge < -0.3 is 19.4 Å². The van der Waals surface area contributed by atoms with E-state index in [0.717, 1.165) is 44.0 Å². The Kier molecular flexibility index (Phi) is 4.25. The highest BCUT2D eigenvalue weighted by Gasteiger charge is 2.22. The van der Waals surface area contributed by atoms with Crippen molar-refractivity contribution in [3.63, 3.8) is 0 Å². The molecule has 0 radical (unpaired) electrons. The fourth-order valence-electron chi connectivity index (χ4n) is 2.22. The fraction of sp³-hybridized carbons (Fsp3) is 0.615. The third-order valence-corrected chi connectivity index (χ3v) is 3.29. The molecule has 1 N–H and O–H groups in total. The lowest BCUT2D eigenvalue weighted by Crippen LogP contribution is -2.44. The summed E-state index contributed by atoms with van der Waals surface area (Å²) in [6.45, 7) is 4.19. The lowest BCUT2D eigenvalue weighted by Gasteiger charge is -2.31. The molecular weight excluding hydrogens is 232 g/mol. The number of rotatable bonds is 3. The quantitative estimate of drug-likeness (QED) is 0.892. The molecule has 0 atom stereocenters. The third kappa shape index (κ3) is 3.26. The number of amides is 1. The minimum Gasteiger partial charge on any atom is -0.465 e. The van der Waals surface area contributed by atoms with E-state index in [4.69, 9.17) is 9.15 Å². The number of hydrogen-bond donors (Lipinski definition) is 1. The molecule has 0 aromatic carbocycles. The first-order valence-electron chi connectivity index (χ1n) is 6.30. The predicted molar refractivity (Wildman–Crippen MR) is 67.3 cm³/mol. The number of likely N-dealkylation sites (tertiary alicyclic amines) is 1. The van der Waals surface area contributed by atoms with Crippen LogP contribution >= 0.6 is 0 Å². The predicted octanol–water partition coefficient (Wildman–Crippen LogP) is 1.91. The Morgan fingerprint density at radius 3 is 2.78 bits per heavy atom. The second-order valence-corrected chi connectivity index (χ2v) is 4.62. The summed E-state index contributed by atoms with van der Waals surface area (Å²) < 4.78 is 10.2. The molecule has 0 unspecified atom stereocenters. The van der Waals surface area contributed by atoms with Crippen molar-refractivity contribution in [2.45, 2.75) is 32.4 Å². The van der Waals surface area contributed by atoms with Gasteiger partial charge >= 0.3 is 6.09 Å². The highest BCUT2D eigenvalue weighted by molar-refractivity contribution is 5.67. The van der Waals surface area contributed by atoms with Gasteiger partial charge in [0.2, 0.25) is 0 Å². The van der Waals surface area contributed by atoms with Crippen LogP contribution < -0.4 is 5.32 Å². The fourth-order valence-corrected chi connectivity index (χ4v) is 2.22. The molecule has 5 nitrogen and oxygen atoms in total. The SMILES string of the molecule is COC(=O)N1CCC(NCc2ccc(C)o2)CC1. The number of ether oxygens (including phenoxy) is 1. The van der Waals surface area contributed by atoms with Crippen LogP contribution in [-0.4, -0.2) is 37.2 Å². The Balaban J connectivity index is 1.72. The Hall–Kier alpha value is -1.49. The first-order valence-corrected chi connectivity index (χ1v) is 6.30. The van der Waals surface area contributed by atoms with Crippen molar-refractivity contribution in [3.05, 3.63) is 23.7 Å². The van der Waals surface area contributed by atoms with E-state index in [1.165, 1.54) is 7.11 Å². The molecule has 0 aliphatic carbocycles. The molecule has 0 spiro atoms. The Morgan fingerprint density at radius 2 is 2.22 bits per heavy atom.